The average Bonchev–Trinajstić information content (AvgIpc) is 3.37. The summed E-state index contributed by atoms with van der Waals surface area (Å²) in [6.45, 7) is -0.383. The third kappa shape index (κ3) is 4.52. The van der Waals surface area contributed by atoms with Crippen molar-refractivity contribution in [1.29, 1.82) is 0 Å². The van der Waals surface area contributed by atoms with Crippen molar-refractivity contribution >= 4 is 52.2 Å². The van der Waals surface area contributed by atoms with E-state index >= 15 is 0 Å². The van der Waals surface area contributed by atoms with E-state index in [1.807, 2.05) is 0 Å². The first-order valence-corrected chi connectivity index (χ1v) is 13.8. The Labute approximate surface area is 233 Å². The quantitative estimate of drug-likeness (QED) is 0.344. The number of nitrogens with zero attached hydrogens (tertiary/aromatic N) is 2. The number of imide groups is 1. The number of hydrogen-bond acceptors (Lipinski definition) is 6. The van der Waals surface area contributed by atoms with Gasteiger partial charge in [-0.25, -0.2) is 18.1 Å². The molecule has 12 heteroatoms. The summed E-state index contributed by atoms with van der Waals surface area (Å²) in [6.07, 6.45) is 0. The average molecular weight is 582 g/mol. The van der Waals surface area contributed by atoms with E-state index in [4.69, 9.17) is 0 Å². The number of halogens is 3. The van der Waals surface area contributed by atoms with Crippen LogP contribution in [0.5, 0.6) is 0 Å². The molecule has 1 N–H and O–H groups in total. The van der Waals surface area contributed by atoms with Gasteiger partial charge < -0.3 is 5.32 Å². The normalized spacial score (nSPS) is 19.9. The Kier molecular flexibility index (Phi) is 6.59. The number of carbonyl (C=O) groups excluding carboxylic acids is 3. The van der Waals surface area contributed by atoms with E-state index in [0.29, 0.717) is 21.2 Å². The van der Waals surface area contributed by atoms with Gasteiger partial charge in [-0.2, -0.15) is 0 Å². The molecule has 3 amide bonds. The highest BCUT2D eigenvalue weighted by Crippen LogP contribution is 2.53. The van der Waals surface area contributed by atoms with Crippen LogP contribution in [0.1, 0.15) is 16.4 Å². The molecule has 7 nitrogen and oxygen atoms in total. The molecule has 3 atom stereocenters. The summed E-state index contributed by atoms with van der Waals surface area (Å²) in [5.74, 6) is -4.76. The van der Waals surface area contributed by atoms with Gasteiger partial charge in [0.1, 0.15) is 29.2 Å². The molecule has 0 saturated carbocycles. The number of thioether (sulfide) groups is 1. The van der Waals surface area contributed by atoms with E-state index in [2.05, 4.69) is 5.32 Å². The maximum absolute atomic E-state index is 13.8. The van der Waals surface area contributed by atoms with E-state index < -0.39 is 57.1 Å². The van der Waals surface area contributed by atoms with Gasteiger partial charge in [0.15, 0.2) is 0 Å². The maximum Gasteiger partial charge on any atom is 0.308 e. The van der Waals surface area contributed by atoms with Crippen LogP contribution in [0.4, 0.5) is 24.5 Å². The minimum Gasteiger partial charge on any atom is -0.325 e. The predicted molar refractivity (Wildman–Crippen MR) is 144 cm³/mol. The second-order valence-corrected chi connectivity index (χ2v) is 11.4. The molecule has 6 rings (SSSR count). The van der Waals surface area contributed by atoms with E-state index in [0.717, 1.165) is 40.1 Å². The molecule has 3 heterocycles. The van der Waals surface area contributed by atoms with Gasteiger partial charge in [0.25, 0.3) is 0 Å². The van der Waals surface area contributed by atoms with Gasteiger partial charge in [-0.1, -0.05) is 35.2 Å². The largest absolute Gasteiger partial charge is 0.325 e. The molecule has 3 aromatic carbocycles. The lowest BCUT2D eigenvalue weighted by Gasteiger charge is -2.30. The molecule has 0 radical (unpaired) electrons. The van der Waals surface area contributed by atoms with Crippen LogP contribution >= 0.6 is 23.1 Å². The predicted octanol–water partition coefficient (Wildman–Crippen LogP) is 4.76. The fourth-order valence-corrected chi connectivity index (χ4v) is 7.78. The lowest BCUT2D eigenvalue weighted by Crippen LogP contribution is -2.33. The van der Waals surface area contributed by atoms with Gasteiger partial charge in [0, 0.05) is 16.5 Å². The molecule has 1 aromatic heterocycles. The van der Waals surface area contributed by atoms with Crippen molar-refractivity contribution in [1.82, 2.24) is 4.57 Å². The molecule has 0 spiro atoms. The number of fused-ring (bicyclic) bond motifs is 2. The fourth-order valence-electron chi connectivity index (χ4n) is 5.01. The van der Waals surface area contributed by atoms with Crippen LogP contribution in [0, 0.1) is 23.4 Å². The second kappa shape index (κ2) is 10.1. The number of thiazole rings is 1. The first kappa shape index (κ1) is 26.1. The van der Waals surface area contributed by atoms with Gasteiger partial charge in [0.2, 0.25) is 17.7 Å². The molecular formula is C28H18F3N3O4S2. The SMILES string of the molecule is O=C(Cn1c2c(sc1=O)[C@H](c1ccc(F)cc1)C1C(=O)N(c3ccc(F)cc3)C(=O)C1S2)Nc1ccc(F)cc1. The fraction of sp³-hybridized carbons (Fsp3) is 0.143. The molecule has 4 aromatic rings. The highest BCUT2D eigenvalue weighted by Gasteiger charge is 2.56. The Bertz CT molecular complexity index is 1700. The van der Waals surface area contributed by atoms with E-state index in [-0.39, 0.29) is 12.2 Å². The summed E-state index contributed by atoms with van der Waals surface area (Å²) in [7, 11) is 0. The molecular weight excluding hydrogens is 563 g/mol. The van der Waals surface area contributed by atoms with E-state index in [9.17, 15) is 32.3 Å². The smallest absolute Gasteiger partial charge is 0.308 e. The van der Waals surface area contributed by atoms with Gasteiger partial charge in [0.05, 0.1) is 16.6 Å². The first-order chi connectivity index (χ1) is 19.2. The zero-order chi connectivity index (χ0) is 28.1. The standard InChI is InChI=1S/C28H18F3N3O4S2/c29-15-3-1-14(2-4-15)21-22-23(26(37)34(25(22)36)19-11-7-17(31)8-12-19)39-27-24(21)40-28(38)33(27)13-20(35)32-18-9-5-16(30)6-10-18/h1-12,21-23H,13H2,(H,32,35)/t21-,22?,23?/m1/s1. The number of aromatic nitrogens is 1. The Balaban J connectivity index is 1.40. The summed E-state index contributed by atoms with van der Waals surface area (Å²) >= 11 is 1.88. The summed E-state index contributed by atoms with van der Waals surface area (Å²) in [6, 6.07) is 15.6. The van der Waals surface area contributed by atoms with Crippen molar-refractivity contribution in [3.63, 3.8) is 0 Å². The number of rotatable bonds is 5. The zero-order valence-corrected chi connectivity index (χ0v) is 22.0. The van der Waals surface area contributed by atoms with Crippen LogP contribution in [0.2, 0.25) is 0 Å². The number of nitrogens with one attached hydrogen (secondary N) is 1. The number of carbonyl (C=O) groups is 3. The first-order valence-electron chi connectivity index (χ1n) is 12.1. The minimum atomic E-state index is -0.944. The molecule has 2 aliphatic rings. The minimum absolute atomic E-state index is 0.212. The highest BCUT2D eigenvalue weighted by atomic mass is 32.2. The lowest BCUT2D eigenvalue weighted by molar-refractivity contribution is -0.122. The Hall–Kier alpha value is -4.16. The Morgan fingerprint density at radius 3 is 2.00 bits per heavy atom. The topological polar surface area (TPSA) is 88.5 Å². The van der Waals surface area contributed by atoms with Crippen LogP contribution in [0.3, 0.4) is 0 Å². The monoisotopic (exact) mass is 581 g/mol. The van der Waals surface area contributed by atoms with Gasteiger partial charge in [-0.05, 0) is 66.2 Å². The van der Waals surface area contributed by atoms with Gasteiger partial charge in [-0.3, -0.25) is 23.7 Å². The number of hydrogen-bond donors (Lipinski definition) is 1. The van der Waals surface area contributed by atoms with Crippen LogP contribution in [-0.4, -0.2) is 27.5 Å². The summed E-state index contributed by atoms with van der Waals surface area (Å²) in [5, 5.41) is 2.03. The molecule has 1 fully saturated rings. The Morgan fingerprint density at radius 1 is 0.800 bits per heavy atom. The number of amides is 3. The van der Waals surface area contributed by atoms with Crippen LogP contribution in [-0.2, 0) is 20.9 Å². The van der Waals surface area contributed by atoms with Crippen LogP contribution in [0.25, 0.3) is 0 Å². The van der Waals surface area contributed by atoms with Gasteiger partial charge in [-0.15, -0.1) is 0 Å². The lowest BCUT2D eigenvalue weighted by atomic mass is 9.83. The van der Waals surface area contributed by atoms with E-state index in [1.54, 1.807) is 0 Å². The summed E-state index contributed by atoms with van der Waals surface area (Å²) in [4.78, 5) is 54.4. The van der Waals surface area contributed by atoms with Crippen molar-refractivity contribution < 1.29 is 27.6 Å². The summed E-state index contributed by atoms with van der Waals surface area (Å²) < 4.78 is 41.8. The molecule has 0 bridgehead atoms. The molecule has 2 aliphatic heterocycles. The highest BCUT2D eigenvalue weighted by molar-refractivity contribution is 8.00. The summed E-state index contributed by atoms with van der Waals surface area (Å²) in [5.41, 5.74) is 1.08. The number of anilines is 2. The third-order valence-corrected chi connectivity index (χ3v) is 9.40. The van der Waals surface area contributed by atoms with E-state index in [1.165, 1.54) is 65.2 Å². The molecule has 202 valence electrons. The van der Waals surface area contributed by atoms with Crippen molar-refractivity contribution in [3.05, 3.63) is 110 Å². The van der Waals surface area contributed by atoms with Crippen molar-refractivity contribution in [2.24, 2.45) is 5.92 Å². The molecule has 1 saturated heterocycles. The Morgan fingerprint density at radius 2 is 1.38 bits per heavy atom. The van der Waals surface area contributed by atoms with Crippen molar-refractivity contribution in [2.45, 2.75) is 22.7 Å². The molecule has 0 aliphatic carbocycles. The molecule has 2 unspecified atom stereocenters. The second-order valence-electron chi connectivity index (χ2n) is 9.26. The van der Waals surface area contributed by atoms with Crippen LogP contribution < -0.4 is 15.1 Å². The van der Waals surface area contributed by atoms with Gasteiger partial charge >= 0.3 is 4.87 Å². The van der Waals surface area contributed by atoms with Crippen LogP contribution in [0.15, 0.2) is 82.6 Å². The maximum atomic E-state index is 13.8. The zero-order valence-electron chi connectivity index (χ0n) is 20.3. The van der Waals surface area contributed by atoms with Crippen molar-refractivity contribution in [3.8, 4) is 0 Å². The molecule has 40 heavy (non-hydrogen) atoms. The van der Waals surface area contributed by atoms with Crippen molar-refractivity contribution in [2.75, 3.05) is 10.2 Å². The number of benzene rings is 3. The third-order valence-electron chi connectivity index (χ3n) is 6.79.